The standard InChI is InChI=1S/C18H32N4O/c1-3-5-8-15(7-4-2)13-20-18(23)17-10-12-22(21-17)16-9-6-11-19-14-16/h10,12,15-16,19H,3-9,11,13-14H2,1-2H3,(H,20,23). The van der Waals surface area contributed by atoms with Gasteiger partial charge in [-0.2, -0.15) is 5.10 Å². The molecule has 0 radical (unpaired) electrons. The van der Waals surface area contributed by atoms with Crippen LogP contribution in [0.2, 0.25) is 0 Å². The number of unbranched alkanes of at least 4 members (excludes halogenated alkanes) is 1. The molecular formula is C18H32N4O. The summed E-state index contributed by atoms with van der Waals surface area (Å²) < 4.78 is 1.95. The second-order valence-corrected chi connectivity index (χ2v) is 6.69. The highest BCUT2D eigenvalue weighted by Crippen LogP contribution is 2.16. The van der Waals surface area contributed by atoms with Gasteiger partial charge in [0.15, 0.2) is 0 Å². The van der Waals surface area contributed by atoms with E-state index in [0.29, 0.717) is 17.7 Å². The minimum absolute atomic E-state index is 0.0369. The molecule has 130 valence electrons. The van der Waals surface area contributed by atoms with E-state index in [1.165, 1.54) is 38.5 Å². The number of nitrogens with zero attached hydrogens (tertiary/aromatic N) is 2. The van der Waals surface area contributed by atoms with Crippen molar-refractivity contribution in [1.29, 1.82) is 0 Å². The molecule has 0 aliphatic carbocycles. The first kappa shape index (κ1) is 18.0. The third-order valence-corrected chi connectivity index (χ3v) is 4.70. The first-order chi connectivity index (χ1) is 11.2. The van der Waals surface area contributed by atoms with Crippen LogP contribution in [0.3, 0.4) is 0 Å². The molecular weight excluding hydrogens is 288 g/mol. The molecule has 1 amide bonds. The zero-order valence-electron chi connectivity index (χ0n) is 14.7. The second-order valence-electron chi connectivity index (χ2n) is 6.69. The van der Waals surface area contributed by atoms with E-state index in [4.69, 9.17) is 0 Å². The summed E-state index contributed by atoms with van der Waals surface area (Å²) in [5, 5.41) is 10.9. The van der Waals surface area contributed by atoms with E-state index in [0.717, 1.165) is 26.1 Å². The monoisotopic (exact) mass is 320 g/mol. The maximum atomic E-state index is 12.3. The van der Waals surface area contributed by atoms with Crippen LogP contribution in [0.5, 0.6) is 0 Å². The summed E-state index contributed by atoms with van der Waals surface area (Å²) in [6, 6.07) is 2.22. The van der Waals surface area contributed by atoms with E-state index in [9.17, 15) is 4.79 Å². The van der Waals surface area contributed by atoms with Gasteiger partial charge in [-0.3, -0.25) is 9.48 Å². The van der Waals surface area contributed by atoms with E-state index in [2.05, 4.69) is 29.6 Å². The van der Waals surface area contributed by atoms with Gasteiger partial charge in [0.05, 0.1) is 6.04 Å². The molecule has 1 saturated heterocycles. The van der Waals surface area contributed by atoms with Crippen molar-refractivity contribution in [3.05, 3.63) is 18.0 Å². The minimum atomic E-state index is -0.0369. The van der Waals surface area contributed by atoms with E-state index in [-0.39, 0.29) is 5.91 Å². The molecule has 0 bridgehead atoms. The lowest BCUT2D eigenvalue weighted by molar-refractivity contribution is 0.0939. The lowest BCUT2D eigenvalue weighted by Crippen LogP contribution is -2.32. The Morgan fingerprint density at radius 2 is 2.30 bits per heavy atom. The van der Waals surface area contributed by atoms with Crippen LogP contribution in [0.15, 0.2) is 12.3 Å². The Balaban J connectivity index is 1.83. The van der Waals surface area contributed by atoms with Crippen molar-refractivity contribution in [2.75, 3.05) is 19.6 Å². The molecule has 0 spiro atoms. The van der Waals surface area contributed by atoms with E-state index in [1.807, 2.05) is 16.9 Å². The molecule has 2 unspecified atom stereocenters. The third-order valence-electron chi connectivity index (χ3n) is 4.70. The number of piperidine rings is 1. The Morgan fingerprint density at radius 1 is 1.43 bits per heavy atom. The smallest absolute Gasteiger partial charge is 0.271 e. The summed E-state index contributed by atoms with van der Waals surface area (Å²) in [5.74, 6) is 0.554. The summed E-state index contributed by atoms with van der Waals surface area (Å²) in [7, 11) is 0. The van der Waals surface area contributed by atoms with Crippen molar-refractivity contribution in [1.82, 2.24) is 20.4 Å². The van der Waals surface area contributed by atoms with Crippen molar-refractivity contribution >= 4 is 5.91 Å². The predicted molar refractivity (Wildman–Crippen MR) is 93.6 cm³/mol. The van der Waals surface area contributed by atoms with Gasteiger partial charge >= 0.3 is 0 Å². The Bertz CT molecular complexity index is 465. The van der Waals surface area contributed by atoms with Gasteiger partial charge in [-0.15, -0.1) is 0 Å². The summed E-state index contributed by atoms with van der Waals surface area (Å²) >= 11 is 0. The van der Waals surface area contributed by atoms with Gasteiger partial charge in [-0.05, 0) is 44.2 Å². The Labute approximate surface area is 140 Å². The average molecular weight is 320 g/mol. The molecule has 1 aliphatic rings. The summed E-state index contributed by atoms with van der Waals surface area (Å²) in [5.41, 5.74) is 0.543. The van der Waals surface area contributed by atoms with Gasteiger partial charge in [0.2, 0.25) is 0 Å². The summed E-state index contributed by atoms with van der Waals surface area (Å²) in [6.07, 6.45) is 10.3. The minimum Gasteiger partial charge on any atom is -0.350 e. The molecule has 5 heteroatoms. The van der Waals surface area contributed by atoms with Crippen LogP contribution in [-0.2, 0) is 0 Å². The van der Waals surface area contributed by atoms with Crippen molar-refractivity contribution in [2.24, 2.45) is 5.92 Å². The maximum absolute atomic E-state index is 12.3. The predicted octanol–water partition coefficient (Wildman–Crippen LogP) is 3.14. The molecule has 2 atom stereocenters. The van der Waals surface area contributed by atoms with Gasteiger partial charge in [0.1, 0.15) is 5.69 Å². The van der Waals surface area contributed by atoms with E-state index >= 15 is 0 Å². The fourth-order valence-corrected chi connectivity index (χ4v) is 3.30. The third kappa shape index (κ3) is 5.65. The van der Waals surface area contributed by atoms with Crippen molar-refractivity contribution < 1.29 is 4.79 Å². The fourth-order valence-electron chi connectivity index (χ4n) is 3.30. The fraction of sp³-hybridized carbons (Fsp3) is 0.778. The highest BCUT2D eigenvalue weighted by Gasteiger charge is 2.18. The van der Waals surface area contributed by atoms with Gasteiger partial charge in [-0.25, -0.2) is 0 Å². The van der Waals surface area contributed by atoms with Crippen LogP contribution in [0.4, 0.5) is 0 Å². The zero-order chi connectivity index (χ0) is 16.5. The highest BCUT2D eigenvalue weighted by atomic mass is 16.1. The maximum Gasteiger partial charge on any atom is 0.271 e. The molecule has 1 aliphatic heterocycles. The quantitative estimate of drug-likeness (QED) is 0.735. The molecule has 0 aromatic carbocycles. The molecule has 5 nitrogen and oxygen atoms in total. The number of hydrogen-bond donors (Lipinski definition) is 2. The second kappa shape index (κ2) is 9.71. The van der Waals surface area contributed by atoms with Gasteiger partial charge in [0.25, 0.3) is 5.91 Å². The van der Waals surface area contributed by atoms with Gasteiger partial charge < -0.3 is 10.6 Å². The SMILES string of the molecule is CCCCC(CCC)CNC(=O)c1ccn(C2CCCNC2)n1. The molecule has 23 heavy (non-hydrogen) atoms. The van der Waals surface area contributed by atoms with Crippen LogP contribution in [0.1, 0.15) is 75.3 Å². The number of rotatable bonds is 9. The number of nitrogens with one attached hydrogen (secondary N) is 2. The normalized spacial score (nSPS) is 19.5. The van der Waals surface area contributed by atoms with Crippen LogP contribution in [0.25, 0.3) is 0 Å². The highest BCUT2D eigenvalue weighted by molar-refractivity contribution is 5.92. The van der Waals surface area contributed by atoms with Gasteiger partial charge in [-0.1, -0.05) is 33.1 Å². The summed E-state index contributed by atoms with van der Waals surface area (Å²) in [6.45, 7) is 7.22. The van der Waals surface area contributed by atoms with E-state index in [1.54, 1.807) is 0 Å². The molecule has 0 saturated carbocycles. The largest absolute Gasteiger partial charge is 0.350 e. The number of aromatic nitrogens is 2. The Morgan fingerprint density at radius 3 is 3.00 bits per heavy atom. The number of hydrogen-bond acceptors (Lipinski definition) is 3. The van der Waals surface area contributed by atoms with E-state index < -0.39 is 0 Å². The zero-order valence-corrected chi connectivity index (χ0v) is 14.7. The number of carbonyl (C=O) groups is 1. The lowest BCUT2D eigenvalue weighted by atomic mass is 9.97. The Hall–Kier alpha value is -1.36. The van der Waals surface area contributed by atoms with Crippen LogP contribution >= 0.6 is 0 Å². The van der Waals surface area contributed by atoms with Crippen LogP contribution in [-0.4, -0.2) is 35.3 Å². The molecule has 1 aromatic heterocycles. The first-order valence-corrected chi connectivity index (χ1v) is 9.28. The van der Waals surface area contributed by atoms with Crippen molar-refractivity contribution in [2.45, 2.75) is 64.8 Å². The van der Waals surface area contributed by atoms with Crippen molar-refractivity contribution in [3.8, 4) is 0 Å². The van der Waals surface area contributed by atoms with Gasteiger partial charge in [0, 0.05) is 19.3 Å². The topological polar surface area (TPSA) is 59.0 Å². The summed E-state index contributed by atoms with van der Waals surface area (Å²) in [4.78, 5) is 12.3. The van der Waals surface area contributed by atoms with Crippen LogP contribution in [0, 0.1) is 5.92 Å². The molecule has 2 rings (SSSR count). The number of amides is 1. The molecule has 2 N–H and O–H groups in total. The molecule has 1 fully saturated rings. The molecule has 1 aromatic rings. The molecule has 2 heterocycles. The number of carbonyl (C=O) groups excluding carboxylic acids is 1. The van der Waals surface area contributed by atoms with Crippen molar-refractivity contribution in [3.63, 3.8) is 0 Å². The lowest BCUT2D eigenvalue weighted by Gasteiger charge is -2.22. The van der Waals surface area contributed by atoms with Crippen LogP contribution < -0.4 is 10.6 Å². The first-order valence-electron chi connectivity index (χ1n) is 9.28. The average Bonchev–Trinajstić information content (AvgIpc) is 3.08. The Kier molecular flexibility index (Phi) is 7.59.